The van der Waals surface area contributed by atoms with Crippen molar-refractivity contribution < 1.29 is 24.1 Å². The van der Waals surface area contributed by atoms with E-state index in [1.165, 1.54) is 0 Å². The zero-order chi connectivity index (χ0) is 15.9. The maximum absolute atomic E-state index is 11.8. The first-order valence-corrected chi connectivity index (χ1v) is 8.09. The number of rotatable bonds is 3. The number of aliphatic carboxylic acids is 1. The number of carboxylic acid groups (broad SMARTS) is 1. The van der Waals surface area contributed by atoms with E-state index in [4.69, 9.17) is 14.2 Å². The molecule has 2 fully saturated rings. The first-order chi connectivity index (χ1) is 11.2. The molecule has 6 nitrogen and oxygen atoms in total. The average molecular weight is 319 g/mol. The number of fused-ring (bicyclic) bond motifs is 2. The van der Waals surface area contributed by atoms with Crippen molar-refractivity contribution in [1.82, 2.24) is 4.90 Å². The number of carbonyl (C=O) groups is 1. The van der Waals surface area contributed by atoms with Gasteiger partial charge in [0.2, 0.25) is 0 Å². The molecule has 0 saturated carbocycles. The van der Waals surface area contributed by atoms with E-state index in [1.54, 1.807) is 0 Å². The fourth-order valence-electron chi connectivity index (χ4n) is 3.97. The average Bonchev–Trinajstić information content (AvgIpc) is 2.94. The van der Waals surface area contributed by atoms with Crippen LogP contribution in [0.3, 0.4) is 0 Å². The van der Waals surface area contributed by atoms with Gasteiger partial charge in [-0.3, -0.25) is 9.69 Å². The van der Waals surface area contributed by atoms with Crippen molar-refractivity contribution in [2.75, 3.05) is 39.5 Å². The van der Waals surface area contributed by atoms with Crippen LogP contribution in [0.4, 0.5) is 0 Å². The van der Waals surface area contributed by atoms with Crippen LogP contribution < -0.4 is 9.47 Å². The number of carboxylic acids is 1. The molecule has 6 heteroatoms. The summed E-state index contributed by atoms with van der Waals surface area (Å²) < 4.78 is 16.7. The summed E-state index contributed by atoms with van der Waals surface area (Å²) >= 11 is 0. The Balaban J connectivity index is 1.50. The molecule has 23 heavy (non-hydrogen) atoms. The highest BCUT2D eigenvalue weighted by Gasteiger charge is 2.53. The maximum atomic E-state index is 11.8. The molecule has 0 radical (unpaired) electrons. The summed E-state index contributed by atoms with van der Waals surface area (Å²) in [5.74, 6) is 0.952. The largest absolute Gasteiger partial charge is 0.486 e. The predicted molar refractivity (Wildman–Crippen MR) is 81.7 cm³/mol. The van der Waals surface area contributed by atoms with Gasteiger partial charge in [-0.25, -0.2) is 0 Å². The molecule has 124 valence electrons. The summed E-state index contributed by atoms with van der Waals surface area (Å²) in [6.45, 7) is 4.32. The Morgan fingerprint density at radius 3 is 2.87 bits per heavy atom. The highest BCUT2D eigenvalue weighted by atomic mass is 16.6. The SMILES string of the molecule is O=C(O)[C@]12CCOC[C@H]1CN(Cc1ccc3c(c1)OCCO3)C2. The maximum Gasteiger partial charge on any atom is 0.311 e. The smallest absolute Gasteiger partial charge is 0.311 e. The standard InChI is InChI=1S/C17H21NO5/c19-16(20)17-3-4-21-10-13(17)9-18(11-17)8-12-1-2-14-15(7-12)23-6-5-22-14/h1-2,7,13H,3-6,8-11H2,(H,19,20)/t13-,17+/m1/s1. The predicted octanol–water partition coefficient (Wildman–Crippen LogP) is 1.38. The number of ether oxygens (including phenoxy) is 3. The molecule has 0 aliphatic carbocycles. The summed E-state index contributed by atoms with van der Waals surface area (Å²) in [5, 5.41) is 9.72. The highest BCUT2D eigenvalue weighted by Crippen LogP contribution is 2.43. The molecule has 1 aromatic rings. The normalized spacial score (nSPS) is 30.0. The number of benzene rings is 1. The molecular formula is C17H21NO5. The Hall–Kier alpha value is -1.79. The van der Waals surface area contributed by atoms with Gasteiger partial charge in [0.1, 0.15) is 13.2 Å². The van der Waals surface area contributed by atoms with E-state index < -0.39 is 11.4 Å². The second-order valence-electron chi connectivity index (χ2n) is 6.63. The molecule has 2 atom stereocenters. The minimum atomic E-state index is -0.685. The molecule has 0 bridgehead atoms. The Bertz CT molecular complexity index is 619. The van der Waals surface area contributed by atoms with Crippen LogP contribution in [0.5, 0.6) is 11.5 Å². The molecule has 1 aromatic carbocycles. The second-order valence-corrected chi connectivity index (χ2v) is 6.63. The van der Waals surface area contributed by atoms with Gasteiger partial charge >= 0.3 is 5.97 Å². The van der Waals surface area contributed by atoms with Crippen molar-refractivity contribution in [3.8, 4) is 11.5 Å². The van der Waals surface area contributed by atoms with Crippen molar-refractivity contribution >= 4 is 5.97 Å². The van der Waals surface area contributed by atoms with Gasteiger partial charge in [0.15, 0.2) is 11.5 Å². The summed E-state index contributed by atoms with van der Waals surface area (Å²) in [4.78, 5) is 14.0. The fraction of sp³-hybridized carbons (Fsp3) is 0.588. The minimum Gasteiger partial charge on any atom is -0.486 e. The zero-order valence-electron chi connectivity index (χ0n) is 13.0. The lowest BCUT2D eigenvalue weighted by Gasteiger charge is -2.34. The van der Waals surface area contributed by atoms with Gasteiger partial charge in [-0.1, -0.05) is 6.07 Å². The molecule has 3 aliphatic rings. The van der Waals surface area contributed by atoms with Gasteiger partial charge in [-0.15, -0.1) is 0 Å². The molecule has 0 spiro atoms. The van der Waals surface area contributed by atoms with Gasteiger partial charge in [0.25, 0.3) is 0 Å². The van der Waals surface area contributed by atoms with E-state index in [-0.39, 0.29) is 5.92 Å². The summed E-state index contributed by atoms with van der Waals surface area (Å²) in [6, 6.07) is 5.96. The van der Waals surface area contributed by atoms with E-state index in [9.17, 15) is 9.90 Å². The first kappa shape index (κ1) is 14.8. The Labute approximate surface area is 134 Å². The third-order valence-corrected chi connectivity index (χ3v) is 5.22. The number of hydrogen-bond donors (Lipinski definition) is 1. The van der Waals surface area contributed by atoms with Crippen molar-refractivity contribution in [2.45, 2.75) is 13.0 Å². The molecule has 0 aromatic heterocycles. The first-order valence-electron chi connectivity index (χ1n) is 8.09. The summed E-state index contributed by atoms with van der Waals surface area (Å²) in [5.41, 5.74) is 0.473. The van der Waals surface area contributed by atoms with Crippen molar-refractivity contribution in [3.63, 3.8) is 0 Å². The fourth-order valence-corrected chi connectivity index (χ4v) is 3.97. The van der Waals surface area contributed by atoms with Crippen molar-refractivity contribution in [2.24, 2.45) is 11.3 Å². The Kier molecular flexibility index (Phi) is 3.66. The van der Waals surface area contributed by atoms with E-state index >= 15 is 0 Å². The van der Waals surface area contributed by atoms with Gasteiger partial charge in [0.05, 0.1) is 12.0 Å². The number of likely N-dealkylation sites (tertiary alicyclic amines) is 1. The van der Waals surface area contributed by atoms with Crippen LogP contribution in [-0.2, 0) is 16.1 Å². The zero-order valence-corrected chi connectivity index (χ0v) is 13.0. The lowest BCUT2D eigenvalue weighted by Crippen LogP contribution is -2.44. The van der Waals surface area contributed by atoms with E-state index in [1.807, 2.05) is 18.2 Å². The van der Waals surface area contributed by atoms with Gasteiger partial charge in [-0.05, 0) is 24.1 Å². The lowest BCUT2D eigenvalue weighted by atomic mass is 9.74. The van der Waals surface area contributed by atoms with E-state index in [0.29, 0.717) is 39.4 Å². The Morgan fingerprint density at radius 1 is 1.26 bits per heavy atom. The van der Waals surface area contributed by atoms with Crippen LogP contribution in [0.1, 0.15) is 12.0 Å². The quantitative estimate of drug-likeness (QED) is 0.908. The van der Waals surface area contributed by atoms with E-state index in [0.717, 1.165) is 30.2 Å². The van der Waals surface area contributed by atoms with Crippen LogP contribution in [0.25, 0.3) is 0 Å². The molecule has 1 N–H and O–H groups in total. The van der Waals surface area contributed by atoms with Gasteiger partial charge in [-0.2, -0.15) is 0 Å². The molecule has 3 heterocycles. The molecular weight excluding hydrogens is 298 g/mol. The molecule has 2 saturated heterocycles. The number of hydrogen-bond acceptors (Lipinski definition) is 5. The third kappa shape index (κ3) is 2.56. The van der Waals surface area contributed by atoms with Crippen LogP contribution in [-0.4, -0.2) is 55.5 Å². The van der Waals surface area contributed by atoms with Crippen molar-refractivity contribution in [3.05, 3.63) is 23.8 Å². The number of nitrogens with zero attached hydrogens (tertiary/aromatic N) is 1. The second kappa shape index (κ2) is 5.69. The molecule has 0 amide bonds. The van der Waals surface area contributed by atoms with Gasteiger partial charge < -0.3 is 19.3 Å². The topological polar surface area (TPSA) is 68.2 Å². The Morgan fingerprint density at radius 2 is 2.09 bits per heavy atom. The summed E-state index contributed by atoms with van der Waals surface area (Å²) in [7, 11) is 0. The van der Waals surface area contributed by atoms with E-state index in [2.05, 4.69) is 4.90 Å². The van der Waals surface area contributed by atoms with Crippen LogP contribution >= 0.6 is 0 Å². The minimum absolute atomic E-state index is 0.0750. The molecule has 0 unspecified atom stereocenters. The lowest BCUT2D eigenvalue weighted by molar-refractivity contribution is -0.157. The molecule has 4 rings (SSSR count). The summed E-state index contributed by atoms with van der Waals surface area (Å²) in [6.07, 6.45) is 0.602. The third-order valence-electron chi connectivity index (χ3n) is 5.22. The monoisotopic (exact) mass is 319 g/mol. The highest BCUT2D eigenvalue weighted by molar-refractivity contribution is 5.76. The van der Waals surface area contributed by atoms with Gasteiger partial charge in [0, 0.05) is 32.2 Å². The molecule has 3 aliphatic heterocycles. The van der Waals surface area contributed by atoms with Crippen LogP contribution in [0.2, 0.25) is 0 Å². The van der Waals surface area contributed by atoms with Crippen LogP contribution in [0.15, 0.2) is 18.2 Å². The van der Waals surface area contributed by atoms with Crippen molar-refractivity contribution in [1.29, 1.82) is 0 Å². The van der Waals surface area contributed by atoms with Crippen LogP contribution in [0, 0.1) is 11.3 Å².